The van der Waals surface area contributed by atoms with Crippen LogP contribution < -0.4 is 10.6 Å². The van der Waals surface area contributed by atoms with Crippen LogP contribution in [0, 0.1) is 18.6 Å². The second-order valence-corrected chi connectivity index (χ2v) is 8.98. The van der Waals surface area contributed by atoms with Gasteiger partial charge < -0.3 is 10.6 Å². The van der Waals surface area contributed by atoms with Crippen molar-refractivity contribution >= 4 is 32.3 Å². The van der Waals surface area contributed by atoms with E-state index in [-0.39, 0.29) is 10.6 Å². The Hall–Kier alpha value is -3.30. The molecule has 6 nitrogen and oxygen atoms in total. The molecule has 2 aromatic carbocycles. The lowest BCUT2D eigenvalue weighted by Crippen LogP contribution is -2.13. The lowest BCUT2D eigenvalue weighted by atomic mass is 10.1. The minimum Gasteiger partial charge on any atom is -0.353 e. The van der Waals surface area contributed by atoms with Crippen LogP contribution in [0.2, 0.25) is 0 Å². The molecule has 9 heteroatoms. The van der Waals surface area contributed by atoms with E-state index in [2.05, 4.69) is 15.6 Å². The average Bonchev–Trinajstić information content (AvgIpc) is 3.09. The topological polar surface area (TPSA) is 76.0 Å². The molecule has 0 spiro atoms. The maximum Gasteiger partial charge on any atom is 0.269 e. The lowest BCUT2D eigenvalue weighted by Gasteiger charge is -2.11. The highest BCUT2D eigenvalue weighted by atomic mass is 32.2. The first kappa shape index (κ1) is 21.0. The zero-order valence-electron chi connectivity index (χ0n) is 16.9. The third-order valence-electron chi connectivity index (χ3n) is 4.86. The van der Waals surface area contributed by atoms with E-state index in [1.165, 1.54) is 12.3 Å². The number of aromatic nitrogens is 2. The van der Waals surface area contributed by atoms with Gasteiger partial charge in [0.2, 0.25) is 0 Å². The normalized spacial score (nSPS) is 11.7. The van der Waals surface area contributed by atoms with E-state index in [0.717, 1.165) is 33.6 Å². The first-order chi connectivity index (χ1) is 14.8. The highest BCUT2D eigenvalue weighted by Crippen LogP contribution is 2.30. The quantitative estimate of drug-likeness (QED) is 0.465. The van der Waals surface area contributed by atoms with Gasteiger partial charge in [0, 0.05) is 30.0 Å². The Balaban J connectivity index is 1.85. The number of aryl methyl sites for hydroxylation is 1. The van der Waals surface area contributed by atoms with Crippen molar-refractivity contribution in [2.24, 2.45) is 0 Å². The summed E-state index contributed by atoms with van der Waals surface area (Å²) in [5, 5.41) is 6.71. The molecule has 0 amide bonds. The lowest BCUT2D eigenvalue weighted by molar-refractivity contribution is 0.582. The number of nitrogens with zero attached hydrogens (tertiary/aromatic N) is 2. The van der Waals surface area contributed by atoms with E-state index >= 15 is 0 Å². The maximum atomic E-state index is 14.3. The van der Waals surface area contributed by atoms with Gasteiger partial charge in [0.05, 0.1) is 17.4 Å². The molecule has 4 aromatic rings. The average molecular weight is 442 g/mol. The molecule has 31 heavy (non-hydrogen) atoms. The van der Waals surface area contributed by atoms with Gasteiger partial charge in [-0.15, -0.1) is 0 Å². The van der Waals surface area contributed by atoms with Crippen LogP contribution in [-0.2, 0) is 16.6 Å². The van der Waals surface area contributed by atoms with Crippen molar-refractivity contribution < 1.29 is 17.2 Å². The minimum absolute atomic E-state index is 0.261. The van der Waals surface area contributed by atoms with Crippen LogP contribution in [-0.4, -0.2) is 24.4 Å². The summed E-state index contributed by atoms with van der Waals surface area (Å²) in [5.74, 6) is -1.16. The highest BCUT2D eigenvalue weighted by Gasteiger charge is 2.22. The molecule has 0 fully saturated rings. The van der Waals surface area contributed by atoms with Crippen LogP contribution in [0.5, 0.6) is 0 Å². The van der Waals surface area contributed by atoms with Gasteiger partial charge >= 0.3 is 0 Å². The number of hydrogen-bond donors (Lipinski definition) is 2. The Morgan fingerprint density at radius 1 is 1.06 bits per heavy atom. The number of rotatable bonds is 6. The van der Waals surface area contributed by atoms with Gasteiger partial charge in [-0.2, -0.15) is 0 Å². The van der Waals surface area contributed by atoms with E-state index in [0.29, 0.717) is 23.1 Å². The van der Waals surface area contributed by atoms with E-state index in [4.69, 9.17) is 0 Å². The fraction of sp³-hybridized carbons (Fsp3) is 0.136. The van der Waals surface area contributed by atoms with Crippen molar-refractivity contribution in [1.82, 2.24) is 14.3 Å². The summed E-state index contributed by atoms with van der Waals surface area (Å²) in [6.45, 7) is 2.22. The molecule has 0 aliphatic heterocycles. The number of anilines is 2. The van der Waals surface area contributed by atoms with Gasteiger partial charge in [0.15, 0.2) is 0 Å². The van der Waals surface area contributed by atoms with Crippen molar-refractivity contribution in [3.8, 4) is 0 Å². The van der Waals surface area contributed by atoms with Crippen molar-refractivity contribution in [3.05, 3.63) is 83.8 Å². The fourth-order valence-corrected chi connectivity index (χ4v) is 4.76. The van der Waals surface area contributed by atoms with Crippen molar-refractivity contribution in [2.45, 2.75) is 18.4 Å². The molecule has 0 atom stereocenters. The number of halogens is 2. The summed E-state index contributed by atoms with van der Waals surface area (Å²) in [7, 11) is -2.35. The Morgan fingerprint density at radius 3 is 2.58 bits per heavy atom. The molecule has 160 valence electrons. The van der Waals surface area contributed by atoms with Crippen molar-refractivity contribution in [2.75, 3.05) is 12.4 Å². The molecule has 2 heterocycles. The highest BCUT2D eigenvalue weighted by molar-refractivity contribution is 7.90. The smallest absolute Gasteiger partial charge is 0.269 e. The van der Waals surface area contributed by atoms with Crippen LogP contribution >= 0.6 is 0 Å². The Labute approximate surface area is 178 Å². The molecule has 0 bridgehead atoms. The van der Waals surface area contributed by atoms with Gasteiger partial charge in [-0.05, 0) is 55.4 Å². The molecule has 0 unspecified atom stereocenters. The first-order valence-corrected chi connectivity index (χ1v) is 10.9. The molecule has 0 radical (unpaired) electrons. The van der Waals surface area contributed by atoms with Crippen LogP contribution in [0.3, 0.4) is 0 Å². The van der Waals surface area contributed by atoms with Crippen LogP contribution in [0.15, 0.2) is 66.0 Å². The first-order valence-electron chi connectivity index (χ1n) is 9.47. The number of pyridine rings is 1. The predicted molar refractivity (Wildman–Crippen MR) is 116 cm³/mol. The monoisotopic (exact) mass is 442 g/mol. The fourth-order valence-electron chi connectivity index (χ4n) is 3.40. The number of benzene rings is 2. The SMILES string of the molecule is CNCc1cn(S(=O)(=O)c2cncc(F)c2)c2cc(Nc3ccc(C)cc3F)ccc12. The Kier molecular flexibility index (Phi) is 5.47. The van der Waals surface area contributed by atoms with Crippen LogP contribution in [0.4, 0.5) is 20.2 Å². The Morgan fingerprint density at radius 2 is 1.87 bits per heavy atom. The molecular formula is C22H20F2N4O2S. The summed E-state index contributed by atoms with van der Waals surface area (Å²) in [6, 6.07) is 10.9. The molecule has 2 N–H and O–H groups in total. The molecule has 0 aliphatic rings. The summed E-state index contributed by atoms with van der Waals surface area (Å²) in [4.78, 5) is 3.39. The molecule has 4 rings (SSSR count). The number of fused-ring (bicyclic) bond motifs is 1. The number of nitrogens with one attached hydrogen (secondary N) is 2. The van der Waals surface area contributed by atoms with E-state index in [9.17, 15) is 17.2 Å². The van der Waals surface area contributed by atoms with Crippen molar-refractivity contribution in [1.29, 1.82) is 0 Å². The second kappa shape index (κ2) is 8.09. The standard InChI is InChI=1S/C22H20F2N4O2S/c1-14-3-6-21(20(24)7-14)27-17-4-5-19-15(10-25-2)13-28(22(19)9-17)31(29,30)18-8-16(23)11-26-12-18/h3-9,11-13,25,27H,10H2,1-2H3. The van der Waals surface area contributed by atoms with Crippen molar-refractivity contribution in [3.63, 3.8) is 0 Å². The predicted octanol–water partition coefficient (Wildman–Crippen LogP) is 4.32. The summed E-state index contributed by atoms with van der Waals surface area (Å²) >= 11 is 0. The third-order valence-corrected chi connectivity index (χ3v) is 6.50. The van der Waals surface area contributed by atoms with E-state index in [1.54, 1.807) is 44.3 Å². The largest absolute Gasteiger partial charge is 0.353 e. The molecular weight excluding hydrogens is 422 g/mol. The number of hydrogen-bond acceptors (Lipinski definition) is 5. The molecule has 0 aliphatic carbocycles. The Bertz CT molecular complexity index is 1380. The van der Waals surface area contributed by atoms with Gasteiger partial charge in [-0.25, -0.2) is 21.2 Å². The van der Waals surface area contributed by atoms with Gasteiger partial charge in [0.1, 0.15) is 16.5 Å². The maximum absolute atomic E-state index is 14.3. The van der Waals surface area contributed by atoms with E-state index < -0.39 is 21.7 Å². The molecule has 0 saturated heterocycles. The summed E-state index contributed by atoms with van der Waals surface area (Å²) < 4.78 is 55.5. The molecule has 0 saturated carbocycles. The van der Waals surface area contributed by atoms with E-state index in [1.807, 2.05) is 0 Å². The third kappa shape index (κ3) is 4.01. The summed E-state index contributed by atoms with van der Waals surface area (Å²) in [5.41, 5.74) is 2.71. The summed E-state index contributed by atoms with van der Waals surface area (Å²) in [6.07, 6.45) is 3.54. The van der Waals surface area contributed by atoms with Crippen LogP contribution in [0.25, 0.3) is 10.9 Å². The minimum atomic E-state index is -4.10. The molecule has 2 aromatic heterocycles. The van der Waals surface area contributed by atoms with Gasteiger partial charge in [0.25, 0.3) is 10.0 Å². The zero-order chi connectivity index (χ0) is 22.2. The van der Waals surface area contributed by atoms with Gasteiger partial charge in [-0.3, -0.25) is 4.98 Å². The van der Waals surface area contributed by atoms with Crippen LogP contribution in [0.1, 0.15) is 11.1 Å². The second-order valence-electron chi connectivity index (χ2n) is 7.16. The zero-order valence-corrected chi connectivity index (χ0v) is 17.7. The van der Waals surface area contributed by atoms with Gasteiger partial charge in [-0.1, -0.05) is 12.1 Å².